The minimum Gasteiger partial charge on any atom is -0.358 e. The highest BCUT2D eigenvalue weighted by Crippen LogP contribution is 2.15. The van der Waals surface area contributed by atoms with E-state index in [4.69, 9.17) is 0 Å². The fraction of sp³-hybridized carbons (Fsp3) is 0.500. The summed E-state index contributed by atoms with van der Waals surface area (Å²) in [5, 5.41) is 2.46. The molecule has 1 fully saturated rings. The molecule has 0 aromatic heterocycles. The summed E-state index contributed by atoms with van der Waals surface area (Å²) in [6, 6.07) is 4.74. The van der Waals surface area contributed by atoms with Gasteiger partial charge in [-0.25, -0.2) is 12.8 Å². The number of nitrogens with zero attached hydrogens (tertiary/aromatic N) is 2. The summed E-state index contributed by atoms with van der Waals surface area (Å²) in [5.41, 5.74) is 0. The van der Waals surface area contributed by atoms with Gasteiger partial charge >= 0.3 is 0 Å². The fourth-order valence-corrected chi connectivity index (χ4v) is 4.15. The third-order valence-electron chi connectivity index (χ3n) is 4.37. The van der Waals surface area contributed by atoms with Gasteiger partial charge < -0.3 is 15.1 Å². The molecule has 0 saturated carbocycles. The molecule has 144 valence electrons. The quantitative estimate of drug-likeness (QED) is 0.586. The van der Waals surface area contributed by atoms with Gasteiger partial charge in [-0.15, -0.1) is 0 Å². The molecule has 1 aromatic rings. The molecule has 0 unspecified atom stereocenters. The van der Waals surface area contributed by atoms with Crippen LogP contribution >= 0.6 is 0 Å². The van der Waals surface area contributed by atoms with Crippen molar-refractivity contribution in [1.82, 2.24) is 14.5 Å². The smallest absolute Gasteiger partial charge is 0.277 e. The highest BCUT2D eigenvalue weighted by molar-refractivity contribution is 7.89. The maximum absolute atomic E-state index is 13.0. The van der Waals surface area contributed by atoms with E-state index in [0.717, 1.165) is 17.0 Å². The molecule has 0 aliphatic carbocycles. The van der Waals surface area contributed by atoms with E-state index in [2.05, 4.69) is 5.32 Å². The molecule has 0 radical (unpaired) electrons. The lowest BCUT2D eigenvalue weighted by molar-refractivity contribution is -0.895. The van der Waals surface area contributed by atoms with Crippen LogP contribution in [0.2, 0.25) is 0 Å². The first-order valence-corrected chi connectivity index (χ1v) is 9.72. The summed E-state index contributed by atoms with van der Waals surface area (Å²) < 4.78 is 39.5. The summed E-state index contributed by atoms with van der Waals surface area (Å²) in [7, 11) is -0.593. The van der Waals surface area contributed by atoms with Crippen molar-refractivity contribution in [2.45, 2.75) is 4.90 Å². The van der Waals surface area contributed by atoms with Gasteiger partial charge in [0.25, 0.3) is 5.91 Å². The second kappa shape index (κ2) is 8.56. The molecule has 1 heterocycles. The van der Waals surface area contributed by atoms with Gasteiger partial charge in [-0.2, -0.15) is 4.31 Å². The Hall–Kier alpha value is -2.04. The molecule has 26 heavy (non-hydrogen) atoms. The molecule has 2 amide bonds. The number of likely N-dealkylation sites (N-methyl/N-ethyl adjacent to an activating group) is 2. The van der Waals surface area contributed by atoms with Crippen molar-refractivity contribution in [3.8, 4) is 0 Å². The summed E-state index contributed by atoms with van der Waals surface area (Å²) in [5.74, 6) is -0.901. The largest absolute Gasteiger partial charge is 0.358 e. The number of piperazine rings is 1. The molecule has 0 bridgehead atoms. The van der Waals surface area contributed by atoms with Crippen molar-refractivity contribution in [1.29, 1.82) is 0 Å². The number of benzene rings is 1. The molecule has 1 saturated heterocycles. The normalized spacial score (nSPS) is 16.3. The number of halogens is 1. The van der Waals surface area contributed by atoms with Gasteiger partial charge in [0.15, 0.2) is 6.54 Å². The van der Waals surface area contributed by atoms with Gasteiger partial charge in [-0.05, 0) is 24.3 Å². The van der Waals surface area contributed by atoms with E-state index >= 15 is 0 Å². The number of carbonyl (C=O) groups excluding carboxylic acids is 2. The topological polar surface area (TPSA) is 91.2 Å². The SMILES string of the molecule is CNC(=O)CN(C)C(=O)C[NH+]1CCN(S(=O)(=O)c2ccc(F)cc2)CC1. The first-order chi connectivity index (χ1) is 12.2. The number of hydrogen-bond donors (Lipinski definition) is 2. The van der Waals surface area contributed by atoms with Crippen LogP contribution in [0.1, 0.15) is 0 Å². The number of nitrogens with one attached hydrogen (secondary N) is 2. The predicted octanol–water partition coefficient (Wildman–Crippen LogP) is -2.08. The molecule has 0 atom stereocenters. The Morgan fingerprint density at radius 3 is 2.35 bits per heavy atom. The van der Waals surface area contributed by atoms with Crippen LogP contribution < -0.4 is 10.2 Å². The van der Waals surface area contributed by atoms with Gasteiger partial charge in [0, 0.05) is 14.1 Å². The zero-order valence-corrected chi connectivity index (χ0v) is 15.7. The summed E-state index contributed by atoms with van der Waals surface area (Å²) in [6.07, 6.45) is 0. The Bertz CT molecular complexity index is 746. The van der Waals surface area contributed by atoms with Crippen LogP contribution in [-0.2, 0) is 19.6 Å². The summed E-state index contributed by atoms with van der Waals surface area (Å²) in [4.78, 5) is 25.8. The van der Waals surface area contributed by atoms with Crippen LogP contribution in [0.25, 0.3) is 0 Å². The molecule has 8 nitrogen and oxygen atoms in total. The average Bonchev–Trinajstić information content (AvgIpc) is 2.62. The second-order valence-electron chi connectivity index (χ2n) is 6.21. The van der Waals surface area contributed by atoms with Crippen LogP contribution in [0.5, 0.6) is 0 Å². The number of sulfonamides is 1. The number of amides is 2. The number of quaternary nitrogens is 1. The molecular weight excluding hydrogens is 363 g/mol. The molecule has 2 N–H and O–H groups in total. The van der Waals surface area contributed by atoms with Gasteiger partial charge in [0.1, 0.15) is 5.82 Å². The van der Waals surface area contributed by atoms with Gasteiger partial charge in [0.2, 0.25) is 15.9 Å². The number of carbonyl (C=O) groups is 2. The van der Waals surface area contributed by atoms with Crippen molar-refractivity contribution in [2.75, 3.05) is 53.4 Å². The Kier molecular flexibility index (Phi) is 6.68. The molecule has 1 aliphatic rings. The maximum atomic E-state index is 13.0. The lowest BCUT2D eigenvalue weighted by Crippen LogP contribution is -3.15. The first-order valence-electron chi connectivity index (χ1n) is 8.28. The maximum Gasteiger partial charge on any atom is 0.277 e. The van der Waals surface area contributed by atoms with E-state index in [1.807, 2.05) is 0 Å². The number of rotatable bonds is 6. The van der Waals surface area contributed by atoms with Crippen LogP contribution in [0.4, 0.5) is 4.39 Å². The van der Waals surface area contributed by atoms with Crippen LogP contribution in [0.15, 0.2) is 29.2 Å². The van der Waals surface area contributed by atoms with Gasteiger partial charge in [-0.3, -0.25) is 9.59 Å². The molecule has 1 aliphatic heterocycles. The van der Waals surface area contributed by atoms with E-state index in [9.17, 15) is 22.4 Å². The molecule has 10 heteroatoms. The minimum absolute atomic E-state index is 0.00627. The summed E-state index contributed by atoms with van der Waals surface area (Å²) >= 11 is 0. The van der Waals surface area contributed by atoms with E-state index in [0.29, 0.717) is 13.1 Å². The van der Waals surface area contributed by atoms with Crippen molar-refractivity contribution in [3.63, 3.8) is 0 Å². The van der Waals surface area contributed by atoms with Crippen LogP contribution in [0.3, 0.4) is 0 Å². The number of hydrogen-bond acceptors (Lipinski definition) is 4. The molecule has 0 spiro atoms. The van der Waals surface area contributed by atoms with E-state index in [1.54, 1.807) is 7.05 Å². The highest BCUT2D eigenvalue weighted by atomic mass is 32.2. The molecule has 2 rings (SSSR count). The standard InChI is InChI=1S/C16H23FN4O4S/c1-18-15(22)11-19(2)16(23)12-20-7-9-21(10-8-20)26(24,25)14-5-3-13(17)4-6-14/h3-6H,7-12H2,1-2H3,(H,18,22)/p+1. The summed E-state index contributed by atoms with van der Waals surface area (Å²) in [6.45, 7) is 1.73. The van der Waals surface area contributed by atoms with Gasteiger partial charge in [0.05, 0.1) is 37.6 Å². The van der Waals surface area contributed by atoms with Crippen molar-refractivity contribution < 1.29 is 27.3 Å². The van der Waals surface area contributed by atoms with Crippen LogP contribution in [-0.4, -0.2) is 82.8 Å². The lowest BCUT2D eigenvalue weighted by Gasteiger charge is -2.31. The second-order valence-corrected chi connectivity index (χ2v) is 8.15. The lowest BCUT2D eigenvalue weighted by atomic mass is 10.3. The zero-order chi connectivity index (χ0) is 19.3. The average molecular weight is 387 g/mol. The fourth-order valence-electron chi connectivity index (χ4n) is 2.71. The Balaban J connectivity index is 1.89. The van der Waals surface area contributed by atoms with Crippen molar-refractivity contribution in [3.05, 3.63) is 30.1 Å². The third kappa shape index (κ3) is 4.99. The Morgan fingerprint density at radius 1 is 1.23 bits per heavy atom. The van der Waals surface area contributed by atoms with E-state index < -0.39 is 15.8 Å². The minimum atomic E-state index is -3.66. The molecular formula is C16H24FN4O4S+. The predicted molar refractivity (Wildman–Crippen MR) is 92.4 cm³/mol. The molecule has 1 aromatic carbocycles. The van der Waals surface area contributed by atoms with Crippen molar-refractivity contribution >= 4 is 21.8 Å². The van der Waals surface area contributed by atoms with Crippen molar-refractivity contribution in [2.24, 2.45) is 0 Å². The Morgan fingerprint density at radius 2 is 1.81 bits per heavy atom. The first kappa shape index (κ1) is 20.3. The monoisotopic (exact) mass is 387 g/mol. The van der Waals surface area contributed by atoms with E-state index in [1.165, 1.54) is 28.4 Å². The Labute approximate surface area is 152 Å². The van der Waals surface area contributed by atoms with Gasteiger partial charge in [-0.1, -0.05) is 0 Å². The van der Waals surface area contributed by atoms with E-state index in [-0.39, 0.29) is 42.9 Å². The third-order valence-corrected chi connectivity index (χ3v) is 6.28. The zero-order valence-electron chi connectivity index (χ0n) is 14.9. The van der Waals surface area contributed by atoms with Crippen LogP contribution in [0, 0.1) is 5.82 Å². The highest BCUT2D eigenvalue weighted by Gasteiger charge is 2.31.